The Labute approximate surface area is 142 Å². The van der Waals surface area contributed by atoms with E-state index in [4.69, 9.17) is 28.9 Å². The summed E-state index contributed by atoms with van der Waals surface area (Å²) in [6.45, 7) is 5.93. The normalized spacial score (nSPS) is 12.1. The highest BCUT2D eigenvalue weighted by Gasteiger charge is 2.20. The molecule has 2 N–H and O–H groups in total. The third kappa shape index (κ3) is 3.63. The fourth-order valence-corrected chi connectivity index (χ4v) is 3.06. The summed E-state index contributed by atoms with van der Waals surface area (Å²) in [4.78, 5) is 11.2. The number of aromatic nitrogens is 3. The third-order valence-corrected chi connectivity index (χ3v) is 4.53. The van der Waals surface area contributed by atoms with Crippen molar-refractivity contribution in [2.45, 2.75) is 23.9 Å². The van der Waals surface area contributed by atoms with Crippen molar-refractivity contribution in [3.8, 4) is 11.4 Å². The smallest absolute Gasteiger partial charge is 0.230 e. The molecule has 22 heavy (non-hydrogen) atoms. The Balaban J connectivity index is 2.46. The van der Waals surface area contributed by atoms with E-state index >= 15 is 0 Å². The number of allylic oxidation sites excluding steroid dienone is 1. The molecule has 0 aliphatic carbocycles. The van der Waals surface area contributed by atoms with Gasteiger partial charge in [-0.15, -0.1) is 16.8 Å². The highest BCUT2D eigenvalue weighted by Crippen LogP contribution is 2.32. The van der Waals surface area contributed by atoms with Gasteiger partial charge >= 0.3 is 0 Å². The zero-order chi connectivity index (χ0) is 16.3. The van der Waals surface area contributed by atoms with Gasteiger partial charge in [0.05, 0.1) is 10.3 Å². The zero-order valence-electron chi connectivity index (χ0n) is 11.8. The molecule has 0 bridgehead atoms. The number of primary amides is 1. The summed E-state index contributed by atoms with van der Waals surface area (Å²) < 4.78 is 1.83. The Kier molecular flexibility index (Phi) is 5.50. The molecule has 2 aromatic rings. The van der Waals surface area contributed by atoms with Crippen LogP contribution in [0.4, 0.5) is 0 Å². The van der Waals surface area contributed by atoms with E-state index in [0.29, 0.717) is 33.1 Å². The molecule has 5 nitrogen and oxygen atoms in total. The Morgan fingerprint density at radius 1 is 1.50 bits per heavy atom. The Morgan fingerprint density at radius 2 is 2.23 bits per heavy atom. The summed E-state index contributed by atoms with van der Waals surface area (Å²) in [5.74, 6) is 0.171. The van der Waals surface area contributed by atoms with E-state index in [9.17, 15) is 4.79 Å². The molecule has 1 amide bonds. The van der Waals surface area contributed by atoms with Gasteiger partial charge in [0, 0.05) is 17.1 Å². The van der Waals surface area contributed by atoms with Crippen molar-refractivity contribution in [1.29, 1.82) is 0 Å². The maximum atomic E-state index is 11.2. The van der Waals surface area contributed by atoms with Gasteiger partial charge in [-0.1, -0.05) is 41.0 Å². The number of thioether (sulfide) groups is 1. The predicted octanol–water partition coefficient (Wildman–Crippen LogP) is 3.40. The molecule has 1 atom stereocenters. The van der Waals surface area contributed by atoms with Crippen LogP contribution in [0.2, 0.25) is 10.0 Å². The molecular weight excluding hydrogens is 343 g/mol. The lowest BCUT2D eigenvalue weighted by atomic mass is 10.2. The summed E-state index contributed by atoms with van der Waals surface area (Å²) in [6, 6.07) is 5.15. The average molecular weight is 357 g/mol. The fraction of sp³-hybridized carbons (Fsp3) is 0.214. The van der Waals surface area contributed by atoms with Crippen LogP contribution in [0.1, 0.15) is 6.92 Å². The summed E-state index contributed by atoms with van der Waals surface area (Å²) in [7, 11) is 0. The van der Waals surface area contributed by atoms with E-state index < -0.39 is 11.2 Å². The van der Waals surface area contributed by atoms with Crippen LogP contribution in [0.5, 0.6) is 0 Å². The minimum absolute atomic E-state index is 0.413. The topological polar surface area (TPSA) is 73.8 Å². The first kappa shape index (κ1) is 16.9. The van der Waals surface area contributed by atoms with Gasteiger partial charge in [0.2, 0.25) is 5.91 Å². The second-order valence-electron chi connectivity index (χ2n) is 4.49. The highest BCUT2D eigenvalue weighted by molar-refractivity contribution is 8.00. The van der Waals surface area contributed by atoms with Crippen molar-refractivity contribution in [1.82, 2.24) is 14.8 Å². The number of nitrogens with zero attached hydrogens (tertiary/aromatic N) is 3. The summed E-state index contributed by atoms with van der Waals surface area (Å²) in [5, 5.41) is 9.48. The lowest BCUT2D eigenvalue weighted by Crippen LogP contribution is -2.23. The number of rotatable bonds is 6. The van der Waals surface area contributed by atoms with Crippen molar-refractivity contribution < 1.29 is 4.79 Å². The van der Waals surface area contributed by atoms with E-state index in [1.165, 1.54) is 11.8 Å². The minimum atomic E-state index is -0.415. The van der Waals surface area contributed by atoms with Gasteiger partial charge in [0.25, 0.3) is 0 Å². The summed E-state index contributed by atoms with van der Waals surface area (Å²) in [5.41, 5.74) is 6.00. The molecule has 2 rings (SSSR count). The number of nitrogens with two attached hydrogens (primary N) is 1. The average Bonchev–Trinajstić information content (AvgIpc) is 2.82. The molecule has 0 radical (unpaired) electrons. The molecule has 1 aromatic carbocycles. The SMILES string of the molecule is C=CCn1c(S[C@@H](C)C(N)=O)nnc1-c1ccc(Cl)cc1Cl. The first-order valence-corrected chi connectivity index (χ1v) is 8.03. The Bertz CT molecular complexity index is 717. The van der Waals surface area contributed by atoms with Gasteiger partial charge < -0.3 is 5.73 Å². The van der Waals surface area contributed by atoms with Crippen LogP contribution in [0.15, 0.2) is 36.0 Å². The van der Waals surface area contributed by atoms with Gasteiger partial charge in [0.15, 0.2) is 11.0 Å². The van der Waals surface area contributed by atoms with Crippen molar-refractivity contribution in [3.63, 3.8) is 0 Å². The van der Waals surface area contributed by atoms with Crippen LogP contribution < -0.4 is 5.73 Å². The molecular formula is C14H14Cl2N4OS. The molecule has 0 aliphatic rings. The minimum Gasteiger partial charge on any atom is -0.369 e. The van der Waals surface area contributed by atoms with Crippen molar-refractivity contribution >= 4 is 40.9 Å². The van der Waals surface area contributed by atoms with E-state index in [1.54, 1.807) is 31.2 Å². The van der Waals surface area contributed by atoms with E-state index in [1.807, 2.05) is 4.57 Å². The van der Waals surface area contributed by atoms with E-state index in [0.717, 1.165) is 0 Å². The lowest BCUT2D eigenvalue weighted by Gasteiger charge is -2.10. The largest absolute Gasteiger partial charge is 0.369 e. The number of benzene rings is 1. The molecule has 1 aromatic heterocycles. The molecule has 1 heterocycles. The molecule has 0 fully saturated rings. The van der Waals surface area contributed by atoms with E-state index in [2.05, 4.69) is 16.8 Å². The van der Waals surface area contributed by atoms with Crippen molar-refractivity contribution in [2.75, 3.05) is 0 Å². The van der Waals surface area contributed by atoms with Crippen LogP contribution in [-0.4, -0.2) is 25.9 Å². The predicted molar refractivity (Wildman–Crippen MR) is 90.2 cm³/mol. The number of carbonyl (C=O) groups excluding carboxylic acids is 1. The Morgan fingerprint density at radius 3 is 2.82 bits per heavy atom. The van der Waals surface area contributed by atoms with Gasteiger partial charge in [-0.3, -0.25) is 9.36 Å². The monoisotopic (exact) mass is 356 g/mol. The summed E-state index contributed by atoms with van der Waals surface area (Å²) in [6.07, 6.45) is 1.72. The van der Waals surface area contributed by atoms with Gasteiger partial charge in [0.1, 0.15) is 0 Å². The quantitative estimate of drug-likeness (QED) is 0.635. The molecule has 116 valence electrons. The van der Waals surface area contributed by atoms with Gasteiger partial charge in [-0.25, -0.2) is 0 Å². The van der Waals surface area contributed by atoms with Crippen molar-refractivity contribution in [2.24, 2.45) is 5.73 Å². The molecule has 0 aliphatic heterocycles. The third-order valence-electron chi connectivity index (χ3n) is 2.88. The second-order valence-corrected chi connectivity index (χ2v) is 6.64. The number of hydrogen-bond acceptors (Lipinski definition) is 4. The first-order chi connectivity index (χ1) is 10.4. The molecule has 0 spiro atoms. The second kappa shape index (κ2) is 7.17. The number of carbonyl (C=O) groups is 1. The maximum absolute atomic E-state index is 11.2. The highest BCUT2D eigenvalue weighted by atomic mass is 35.5. The fourth-order valence-electron chi connectivity index (χ4n) is 1.76. The van der Waals surface area contributed by atoms with Crippen LogP contribution in [0.3, 0.4) is 0 Å². The van der Waals surface area contributed by atoms with Crippen LogP contribution in [0, 0.1) is 0 Å². The Hall–Kier alpha value is -1.50. The van der Waals surface area contributed by atoms with Crippen molar-refractivity contribution in [3.05, 3.63) is 40.9 Å². The maximum Gasteiger partial charge on any atom is 0.230 e. The number of hydrogen-bond donors (Lipinski definition) is 1. The standard InChI is InChI=1S/C14H14Cl2N4OS/c1-3-6-20-13(10-5-4-9(15)7-11(10)16)18-19-14(20)22-8(2)12(17)21/h3-5,7-8H,1,6H2,2H3,(H2,17,21)/t8-/m0/s1. The van der Waals surface area contributed by atoms with Gasteiger partial charge in [-0.05, 0) is 25.1 Å². The van der Waals surface area contributed by atoms with Crippen LogP contribution in [0.25, 0.3) is 11.4 Å². The van der Waals surface area contributed by atoms with E-state index in [-0.39, 0.29) is 0 Å². The lowest BCUT2D eigenvalue weighted by molar-refractivity contribution is -0.117. The van der Waals surface area contributed by atoms with Crippen LogP contribution >= 0.6 is 35.0 Å². The number of halogens is 2. The molecule has 0 unspecified atom stereocenters. The molecule has 8 heteroatoms. The first-order valence-electron chi connectivity index (χ1n) is 6.39. The summed E-state index contributed by atoms with van der Waals surface area (Å²) >= 11 is 13.4. The van der Waals surface area contributed by atoms with Gasteiger partial charge in [-0.2, -0.15) is 0 Å². The molecule has 0 saturated heterocycles. The zero-order valence-corrected chi connectivity index (χ0v) is 14.1. The number of amides is 1. The molecule has 0 saturated carbocycles. The van der Waals surface area contributed by atoms with Crippen LogP contribution in [-0.2, 0) is 11.3 Å².